The summed E-state index contributed by atoms with van der Waals surface area (Å²) in [6.07, 6.45) is 3.75. The Bertz CT molecular complexity index is 343. The van der Waals surface area contributed by atoms with Gasteiger partial charge in [-0.15, -0.1) is 0 Å². The number of rotatable bonds is 4. The van der Waals surface area contributed by atoms with Crippen LogP contribution in [0.15, 0.2) is 30.3 Å². The lowest BCUT2D eigenvalue weighted by atomic mass is 10.2. The van der Waals surface area contributed by atoms with E-state index in [1.807, 2.05) is 51.1 Å². The Kier molecular flexibility index (Phi) is 7.59. The molecule has 3 nitrogen and oxygen atoms in total. The van der Waals surface area contributed by atoms with Gasteiger partial charge in [0, 0.05) is 5.56 Å². The minimum absolute atomic E-state index is 0.311. The van der Waals surface area contributed by atoms with Gasteiger partial charge in [-0.1, -0.05) is 44.2 Å². The fourth-order valence-electron chi connectivity index (χ4n) is 1.07. The standard InChI is InChI=1S/C11H12O3.C2H6/c1-2-5-9-6-3-4-7-10(9)14-8-11(12)13;1-2/h2-7H,8H2,1H3,(H,12,13);1-2H3/b5-2+;. The molecule has 0 unspecified atom stereocenters. The summed E-state index contributed by atoms with van der Waals surface area (Å²) < 4.78 is 5.10. The molecule has 0 bridgehead atoms. The van der Waals surface area contributed by atoms with Crippen molar-refractivity contribution in [2.45, 2.75) is 20.8 Å². The first kappa shape index (κ1) is 14.2. The van der Waals surface area contributed by atoms with Crippen LogP contribution in [0.1, 0.15) is 26.3 Å². The van der Waals surface area contributed by atoms with Gasteiger partial charge in [0.15, 0.2) is 6.61 Å². The van der Waals surface area contributed by atoms with Crippen LogP contribution in [0.25, 0.3) is 6.08 Å². The van der Waals surface area contributed by atoms with Crippen LogP contribution in [-0.2, 0) is 4.79 Å². The summed E-state index contributed by atoms with van der Waals surface area (Å²) in [5.74, 6) is -0.381. The first-order chi connectivity index (χ1) is 7.74. The first-order valence-electron chi connectivity index (χ1n) is 5.30. The highest BCUT2D eigenvalue weighted by atomic mass is 16.5. The predicted molar refractivity (Wildman–Crippen MR) is 65.6 cm³/mol. The van der Waals surface area contributed by atoms with Crippen molar-refractivity contribution < 1.29 is 14.6 Å². The number of hydrogen-bond donors (Lipinski definition) is 1. The van der Waals surface area contributed by atoms with Crippen LogP contribution in [-0.4, -0.2) is 17.7 Å². The van der Waals surface area contributed by atoms with Gasteiger partial charge >= 0.3 is 5.97 Å². The van der Waals surface area contributed by atoms with Crippen molar-refractivity contribution in [1.82, 2.24) is 0 Å². The smallest absolute Gasteiger partial charge is 0.341 e. The van der Waals surface area contributed by atoms with Crippen LogP contribution in [0, 0.1) is 0 Å². The fraction of sp³-hybridized carbons (Fsp3) is 0.308. The Labute approximate surface area is 96.4 Å². The highest BCUT2D eigenvalue weighted by molar-refractivity contribution is 5.69. The van der Waals surface area contributed by atoms with Gasteiger partial charge in [0.25, 0.3) is 0 Å². The molecule has 3 heteroatoms. The van der Waals surface area contributed by atoms with E-state index in [-0.39, 0.29) is 6.61 Å². The molecule has 0 aliphatic rings. The topological polar surface area (TPSA) is 46.5 Å². The zero-order valence-corrected chi connectivity index (χ0v) is 9.93. The molecule has 0 saturated heterocycles. The summed E-state index contributed by atoms with van der Waals surface area (Å²) in [6.45, 7) is 5.59. The van der Waals surface area contributed by atoms with E-state index in [1.54, 1.807) is 6.07 Å². The number of carbonyl (C=O) groups is 1. The molecule has 16 heavy (non-hydrogen) atoms. The Morgan fingerprint density at radius 2 is 2.00 bits per heavy atom. The summed E-state index contributed by atoms with van der Waals surface area (Å²) in [7, 11) is 0. The molecule has 0 amide bonds. The van der Waals surface area contributed by atoms with Crippen LogP contribution in [0.3, 0.4) is 0 Å². The van der Waals surface area contributed by atoms with Crippen LogP contribution < -0.4 is 4.74 Å². The molecule has 0 aromatic heterocycles. The maximum atomic E-state index is 10.3. The highest BCUT2D eigenvalue weighted by Gasteiger charge is 2.01. The van der Waals surface area contributed by atoms with E-state index in [1.165, 1.54) is 0 Å². The lowest BCUT2D eigenvalue weighted by Gasteiger charge is -2.05. The van der Waals surface area contributed by atoms with Gasteiger partial charge in [0.2, 0.25) is 0 Å². The Morgan fingerprint density at radius 1 is 1.38 bits per heavy atom. The largest absolute Gasteiger partial charge is 0.481 e. The van der Waals surface area contributed by atoms with Gasteiger partial charge in [0.1, 0.15) is 5.75 Å². The van der Waals surface area contributed by atoms with Crippen molar-refractivity contribution in [3.8, 4) is 5.75 Å². The van der Waals surface area contributed by atoms with Gasteiger partial charge in [-0.05, 0) is 13.0 Å². The van der Waals surface area contributed by atoms with E-state index in [4.69, 9.17) is 9.84 Å². The Balaban J connectivity index is 0.00000106. The van der Waals surface area contributed by atoms with Crippen molar-refractivity contribution in [3.05, 3.63) is 35.9 Å². The number of aliphatic carboxylic acids is 1. The molecular weight excluding hydrogens is 204 g/mol. The second kappa shape index (κ2) is 8.53. The Morgan fingerprint density at radius 3 is 2.56 bits per heavy atom. The summed E-state index contributed by atoms with van der Waals surface area (Å²) >= 11 is 0. The highest BCUT2D eigenvalue weighted by Crippen LogP contribution is 2.19. The molecule has 0 spiro atoms. The molecule has 0 aliphatic heterocycles. The summed E-state index contributed by atoms with van der Waals surface area (Å²) in [5, 5.41) is 8.45. The van der Waals surface area contributed by atoms with Crippen LogP contribution >= 0.6 is 0 Å². The van der Waals surface area contributed by atoms with Crippen molar-refractivity contribution in [2.24, 2.45) is 0 Å². The van der Waals surface area contributed by atoms with Crippen molar-refractivity contribution >= 4 is 12.0 Å². The minimum atomic E-state index is -0.972. The van der Waals surface area contributed by atoms with Gasteiger partial charge in [-0.25, -0.2) is 4.79 Å². The molecular formula is C13H18O3. The van der Waals surface area contributed by atoms with Crippen molar-refractivity contribution in [3.63, 3.8) is 0 Å². The lowest BCUT2D eigenvalue weighted by Crippen LogP contribution is -2.09. The third-order valence-corrected chi connectivity index (χ3v) is 1.62. The average Bonchev–Trinajstić information content (AvgIpc) is 2.31. The molecule has 0 fully saturated rings. The molecule has 1 N–H and O–H groups in total. The quantitative estimate of drug-likeness (QED) is 0.850. The molecule has 0 saturated carbocycles. The number of para-hydroxylation sites is 1. The number of ether oxygens (including phenoxy) is 1. The predicted octanol–water partition coefficient (Wildman–Crippen LogP) is 3.21. The van der Waals surface area contributed by atoms with E-state index in [2.05, 4.69) is 0 Å². The summed E-state index contributed by atoms with van der Waals surface area (Å²) in [6, 6.07) is 7.31. The maximum Gasteiger partial charge on any atom is 0.341 e. The first-order valence-corrected chi connectivity index (χ1v) is 5.30. The molecule has 0 heterocycles. The van der Waals surface area contributed by atoms with Gasteiger partial charge < -0.3 is 9.84 Å². The number of allylic oxidation sites excluding steroid dienone is 1. The summed E-state index contributed by atoms with van der Waals surface area (Å²) in [5.41, 5.74) is 0.885. The van der Waals surface area contributed by atoms with E-state index < -0.39 is 5.97 Å². The zero-order valence-electron chi connectivity index (χ0n) is 9.93. The molecule has 1 aromatic rings. The fourth-order valence-corrected chi connectivity index (χ4v) is 1.07. The maximum absolute atomic E-state index is 10.3. The third-order valence-electron chi connectivity index (χ3n) is 1.62. The van der Waals surface area contributed by atoms with Gasteiger partial charge in [-0.3, -0.25) is 0 Å². The lowest BCUT2D eigenvalue weighted by molar-refractivity contribution is -0.139. The second-order valence-corrected chi connectivity index (χ2v) is 2.72. The van der Waals surface area contributed by atoms with E-state index in [0.29, 0.717) is 5.75 Å². The SMILES string of the molecule is C/C=C/c1ccccc1OCC(=O)O.CC. The van der Waals surface area contributed by atoms with Crippen molar-refractivity contribution in [1.29, 1.82) is 0 Å². The number of carboxylic acids is 1. The van der Waals surface area contributed by atoms with Crippen LogP contribution in [0.5, 0.6) is 5.75 Å². The Hall–Kier alpha value is -1.77. The second-order valence-electron chi connectivity index (χ2n) is 2.72. The van der Waals surface area contributed by atoms with Crippen LogP contribution in [0.4, 0.5) is 0 Å². The molecule has 0 atom stereocenters. The van der Waals surface area contributed by atoms with Crippen molar-refractivity contribution in [2.75, 3.05) is 6.61 Å². The number of carboxylic acid groups (broad SMARTS) is 1. The van der Waals surface area contributed by atoms with E-state index in [9.17, 15) is 4.79 Å². The number of benzene rings is 1. The van der Waals surface area contributed by atoms with Gasteiger partial charge in [-0.2, -0.15) is 0 Å². The van der Waals surface area contributed by atoms with Crippen LogP contribution in [0.2, 0.25) is 0 Å². The molecule has 0 radical (unpaired) electrons. The third kappa shape index (κ3) is 5.20. The van der Waals surface area contributed by atoms with E-state index in [0.717, 1.165) is 5.56 Å². The summed E-state index contributed by atoms with van der Waals surface area (Å²) in [4.78, 5) is 10.3. The number of hydrogen-bond acceptors (Lipinski definition) is 2. The molecule has 1 rings (SSSR count). The normalized spacial score (nSPS) is 9.44. The average molecular weight is 222 g/mol. The minimum Gasteiger partial charge on any atom is -0.481 e. The zero-order chi connectivity index (χ0) is 12.4. The molecule has 88 valence electrons. The van der Waals surface area contributed by atoms with Gasteiger partial charge in [0.05, 0.1) is 0 Å². The molecule has 1 aromatic carbocycles. The molecule has 0 aliphatic carbocycles. The van der Waals surface area contributed by atoms with E-state index >= 15 is 0 Å². The monoisotopic (exact) mass is 222 g/mol.